The molecule has 3 nitrogen and oxygen atoms in total. The maximum atomic E-state index is 13.6. The molecule has 32 heavy (non-hydrogen) atoms. The zero-order chi connectivity index (χ0) is 23.7. The Morgan fingerprint density at radius 3 is 1.41 bits per heavy atom. The van der Waals surface area contributed by atoms with Crippen molar-refractivity contribution in [2.75, 3.05) is 0 Å². The minimum Gasteiger partial charge on any atom is -0.406 e. The molecule has 12 heteroatoms. The van der Waals surface area contributed by atoms with Crippen LogP contribution in [0.3, 0.4) is 0 Å². The van der Waals surface area contributed by atoms with Crippen LogP contribution in [-0.4, -0.2) is 17.7 Å². The van der Waals surface area contributed by atoms with Gasteiger partial charge in [0, 0.05) is 17.3 Å². The van der Waals surface area contributed by atoms with Crippen molar-refractivity contribution in [3.63, 3.8) is 0 Å². The third-order valence-electron chi connectivity index (χ3n) is 3.98. The molecule has 0 aliphatic heterocycles. The highest BCUT2D eigenvalue weighted by Crippen LogP contribution is 2.39. The van der Waals surface area contributed by atoms with Crippen LogP contribution >= 0.6 is 0 Å². The van der Waals surface area contributed by atoms with Crippen LogP contribution in [0.15, 0.2) is 60.8 Å². The molecule has 170 valence electrons. The molecule has 0 N–H and O–H groups in total. The van der Waals surface area contributed by atoms with Crippen molar-refractivity contribution in [3.8, 4) is 33.9 Å². The van der Waals surface area contributed by atoms with E-state index in [1.807, 2.05) is 0 Å². The number of ether oxygens (including phenoxy) is 2. The van der Waals surface area contributed by atoms with Crippen molar-refractivity contribution < 1.29 is 49.0 Å². The predicted octanol–water partition coefficient (Wildman–Crippen LogP) is 7.23. The molecule has 0 fully saturated rings. The van der Waals surface area contributed by atoms with Gasteiger partial charge in [-0.05, 0) is 48.0 Å². The number of aromatic nitrogens is 1. The summed E-state index contributed by atoms with van der Waals surface area (Å²) in [4.78, 5) is 3.78. The molecule has 0 aliphatic carbocycles. The average molecular weight is 467 g/mol. The molecule has 0 aliphatic rings. The highest BCUT2D eigenvalue weighted by Gasteiger charge is 2.36. The number of halogens is 9. The fraction of sp³-hybridized carbons (Fsp3) is 0.150. The molecule has 0 atom stereocenters. The van der Waals surface area contributed by atoms with E-state index in [0.717, 1.165) is 60.8 Å². The highest BCUT2D eigenvalue weighted by atomic mass is 19.4. The van der Waals surface area contributed by atoms with Crippen LogP contribution in [-0.2, 0) is 6.18 Å². The fourth-order valence-electron chi connectivity index (χ4n) is 2.73. The molecule has 2 aromatic carbocycles. The monoisotopic (exact) mass is 467 g/mol. The molecule has 0 unspecified atom stereocenters. The highest BCUT2D eigenvalue weighted by molar-refractivity contribution is 5.71. The van der Waals surface area contributed by atoms with Crippen molar-refractivity contribution >= 4 is 0 Å². The topological polar surface area (TPSA) is 31.4 Å². The normalized spacial score (nSPS) is 12.5. The van der Waals surface area contributed by atoms with Crippen LogP contribution in [0.5, 0.6) is 11.5 Å². The maximum Gasteiger partial charge on any atom is 0.573 e. The van der Waals surface area contributed by atoms with Gasteiger partial charge in [-0.15, -0.1) is 26.3 Å². The summed E-state index contributed by atoms with van der Waals surface area (Å²) in [6.07, 6.45) is -13.7. The summed E-state index contributed by atoms with van der Waals surface area (Å²) in [6, 6.07) is 8.52. The molecule has 0 saturated heterocycles. The Hall–Kier alpha value is -3.44. The Bertz CT molecular complexity index is 1070. The fourth-order valence-corrected chi connectivity index (χ4v) is 2.73. The average Bonchev–Trinajstić information content (AvgIpc) is 2.66. The van der Waals surface area contributed by atoms with Crippen molar-refractivity contribution in [3.05, 3.63) is 66.4 Å². The SMILES string of the molecule is FC(F)(F)Oc1ccc(-c2cnc(-c3ccc(OC(F)(F)F)cc3)c(C(F)(F)F)c2)cc1. The van der Waals surface area contributed by atoms with Gasteiger partial charge in [0.1, 0.15) is 11.5 Å². The van der Waals surface area contributed by atoms with E-state index < -0.39 is 41.7 Å². The molecule has 0 bridgehead atoms. The van der Waals surface area contributed by atoms with Crippen LogP contribution in [0, 0.1) is 0 Å². The molecule has 0 radical (unpaired) electrons. The summed E-state index contributed by atoms with van der Waals surface area (Å²) in [5.41, 5.74) is -1.76. The van der Waals surface area contributed by atoms with Crippen molar-refractivity contribution in [2.24, 2.45) is 0 Å². The second-order valence-electron chi connectivity index (χ2n) is 6.26. The summed E-state index contributed by atoms with van der Waals surface area (Å²) in [6.45, 7) is 0. The van der Waals surface area contributed by atoms with E-state index in [9.17, 15) is 39.5 Å². The summed E-state index contributed by atoms with van der Waals surface area (Å²) < 4.78 is 122. The number of nitrogens with zero attached hydrogens (tertiary/aromatic N) is 1. The quantitative estimate of drug-likeness (QED) is 0.380. The predicted molar refractivity (Wildman–Crippen MR) is 93.5 cm³/mol. The van der Waals surface area contributed by atoms with Crippen LogP contribution in [0.25, 0.3) is 22.4 Å². The Morgan fingerprint density at radius 1 is 0.562 bits per heavy atom. The van der Waals surface area contributed by atoms with Gasteiger partial charge in [0.15, 0.2) is 0 Å². The number of pyridine rings is 1. The van der Waals surface area contributed by atoms with E-state index >= 15 is 0 Å². The van der Waals surface area contributed by atoms with Gasteiger partial charge in [0.05, 0.1) is 11.3 Å². The van der Waals surface area contributed by atoms with E-state index in [0.29, 0.717) is 0 Å². The number of hydrogen-bond donors (Lipinski definition) is 0. The molecular weight excluding hydrogens is 457 g/mol. The summed E-state index contributed by atoms with van der Waals surface area (Å²) in [5, 5.41) is 0. The number of benzene rings is 2. The van der Waals surface area contributed by atoms with Gasteiger partial charge in [-0.1, -0.05) is 12.1 Å². The molecular formula is C20H10F9NO2. The first-order valence-electron chi connectivity index (χ1n) is 8.51. The van der Waals surface area contributed by atoms with E-state index in [1.54, 1.807) is 0 Å². The molecule has 3 rings (SSSR count). The first-order valence-corrected chi connectivity index (χ1v) is 8.51. The minimum absolute atomic E-state index is 0.0448. The van der Waals surface area contributed by atoms with Crippen molar-refractivity contribution in [1.29, 1.82) is 0 Å². The Labute approximate surface area is 174 Å². The zero-order valence-electron chi connectivity index (χ0n) is 15.4. The molecule has 1 heterocycles. The lowest BCUT2D eigenvalue weighted by Gasteiger charge is -2.15. The van der Waals surface area contributed by atoms with Crippen molar-refractivity contribution in [1.82, 2.24) is 4.98 Å². The first-order chi connectivity index (χ1) is 14.7. The molecule has 1 aromatic heterocycles. The zero-order valence-corrected chi connectivity index (χ0v) is 15.4. The van der Waals surface area contributed by atoms with Crippen LogP contribution < -0.4 is 9.47 Å². The lowest BCUT2D eigenvalue weighted by molar-refractivity contribution is -0.275. The van der Waals surface area contributed by atoms with Crippen LogP contribution in [0.1, 0.15) is 5.56 Å². The summed E-state index contributed by atoms with van der Waals surface area (Å²) in [7, 11) is 0. The van der Waals surface area contributed by atoms with Gasteiger partial charge in [0.2, 0.25) is 0 Å². The Morgan fingerprint density at radius 2 is 1.00 bits per heavy atom. The Kier molecular flexibility index (Phi) is 5.98. The third kappa shape index (κ3) is 6.05. The number of rotatable bonds is 4. The van der Waals surface area contributed by atoms with E-state index in [-0.39, 0.29) is 16.7 Å². The van der Waals surface area contributed by atoms with Gasteiger partial charge in [-0.25, -0.2) is 0 Å². The molecule has 0 amide bonds. The lowest BCUT2D eigenvalue weighted by atomic mass is 10.0. The summed E-state index contributed by atoms with van der Waals surface area (Å²) in [5.74, 6) is -1.17. The van der Waals surface area contributed by atoms with Crippen LogP contribution in [0.2, 0.25) is 0 Å². The number of alkyl halides is 9. The Balaban J connectivity index is 1.95. The maximum absolute atomic E-state index is 13.6. The molecule has 0 saturated carbocycles. The van der Waals surface area contributed by atoms with E-state index in [1.165, 1.54) is 0 Å². The first kappa shape index (κ1) is 23.2. The van der Waals surface area contributed by atoms with Gasteiger partial charge < -0.3 is 9.47 Å². The molecule has 0 spiro atoms. The van der Waals surface area contributed by atoms with Gasteiger partial charge in [-0.3, -0.25) is 4.98 Å². The van der Waals surface area contributed by atoms with Gasteiger partial charge >= 0.3 is 18.9 Å². The van der Waals surface area contributed by atoms with E-state index in [2.05, 4.69) is 14.5 Å². The van der Waals surface area contributed by atoms with E-state index in [4.69, 9.17) is 0 Å². The second-order valence-corrected chi connectivity index (χ2v) is 6.26. The summed E-state index contributed by atoms with van der Waals surface area (Å²) >= 11 is 0. The van der Waals surface area contributed by atoms with Crippen LogP contribution in [0.4, 0.5) is 39.5 Å². The second kappa shape index (κ2) is 8.24. The largest absolute Gasteiger partial charge is 0.573 e. The standard InChI is InChI=1S/C20H10F9NO2/c21-18(22,23)16-9-13(11-1-5-14(6-2-11)31-19(24,25)26)10-30-17(16)12-3-7-15(8-4-12)32-20(27,28)29/h1-10H. The smallest absolute Gasteiger partial charge is 0.406 e. The molecule has 3 aromatic rings. The number of hydrogen-bond acceptors (Lipinski definition) is 3. The minimum atomic E-state index is -4.96. The van der Waals surface area contributed by atoms with Crippen molar-refractivity contribution in [2.45, 2.75) is 18.9 Å². The van der Waals surface area contributed by atoms with Gasteiger partial charge in [0.25, 0.3) is 0 Å². The lowest BCUT2D eigenvalue weighted by Crippen LogP contribution is -2.17. The third-order valence-corrected chi connectivity index (χ3v) is 3.98. The van der Waals surface area contributed by atoms with Gasteiger partial charge in [-0.2, -0.15) is 13.2 Å².